The van der Waals surface area contributed by atoms with Gasteiger partial charge in [-0.05, 0) is 18.2 Å². The summed E-state index contributed by atoms with van der Waals surface area (Å²) in [4.78, 5) is 24.4. The Morgan fingerprint density at radius 1 is 1.19 bits per heavy atom. The molecular formula is C15H16N2O4. The summed E-state index contributed by atoms with van der Waals surface area (Å²) in [5, 5.41) is 11.5. The molecule has 1 heterocycles. The molecule has 0 fully saturated rings. The molecule has 0 aliphatic heterocycles. The van der Waals surface area contributed by atoms with Gasteiger partial charge in [0.25, 0.3) is 0 Å². The zero-order chi connectivity index (χ0) is 15.1. The summed E-state index contributed by atoms with van der Waals surface area (Å²) in [5.74, 6) is -0.946. The molecule has 110 valence electrons. The Labute approximate surface area is 122 Å². The van der Waals surface area contributed by atoms with E-state index in [0.29, 0.717) is 12.2 Å². The molecule has 2 aromatic rings. The zero-order valence-electron chi connectivity index (χ0n) is 11.4. The molecule has 1 aromatic heterocycles. The molecule has 6 nitrogen and oxygen atoms in total. The lowest BCUT2D eigenvalue weighted by atomic mass is 10.2. The average Bonchev–Trinajstić information content (AvgIpc) is 2.99. The molecule has 2 amide bonds. The number of anilines is 1. The third-order valence-electron chi connectivity index (χ3n) is 2.89. The van der Waals surface area contributed by atoms with Gasteiger partial charge in [0.2, 0.25) is 0 Å². The van der Waals surface area contributed by atoms with Crippen molar-refractivity contribution in [3.05, 3.63) is 54.5 Å². The van der Waals surface area contributed by atoms with Crippen LogP contribution in [0.2, 0.25) is 0 Å². The molecule has 0 bridgehead atoms. The Morgan fingerprint density at radius 2 is 1.95 bits per heavy atom. The van der Waals surface area contributed by atoms with Crippen LogP contribution in [0.5, 0.6) is 0 Å². The molecule has 0 radical (unpaired) electrons. The number of carboxylic acids is 1. The van der Waals surface area contributed by atoms with Crippen molar-refractivity contribution in [1.82, 2.24) is 5.32 Å². The molecule has 0 saturated heterocycles. The molecule has 1 aromatic carbocycles. The van der Waals surface area contributed by atoms with Crippen molar-refractivity contribution in [2.75, 3.05) is 11.4 Å². The minimum atomic E-state index is -0.946. The fraction of sp³-hybridized carbons (Fsp3) is 0.200. The van der Waals surface area contributed by atoms with Gasteiger partial charge in [-0.2, -0.15) is 0 Å². The van der Waals surface area contributed by atoms with Gasteiger partial charge in [0, 0.05) is 24.3 Å². The van der Waals surface area contributed by atoms with E-state index in [9.17, 15) is 9.59 Å². The number of hydrogen-bond donors (Lipinski definition) is 2. The quantitative estimate of drug-likeness (QED) is 0.855. The van der Waals surface area contributed by atoms with Crippen molar-refractivity contribution in [2.45, 2.75) is 13.0 Å². The first-order valence-corrected chi connectivity index (χ1v) is 6.50. The third kappa shape index (κ3) is 4.38. The van der Waals surface area contributed by atoms with E-state index in [2.05, 4.69) is 5.32 Å². The number of nitrogens with one attached hydrogen (secondary N) is 1. The summed E-state index contributed by atoms with van der Waals surface area (Å²) in [6, 6.07) is 10.4. The van der Waals surface area contributed by atoms with Crippen LogP contribution < -0.4 is 10.2 Å². The molecule has 2 N–H and O–H groups in total. The topological polar surface area (TPSA) is 82.8 Å². The number of hydrogen-bond acceptors (Lipinski definition) is 3. The van der Waals surface area contributed by atoms with Gasteiger partial charge in [-0.3, -0.25) is 9.69 Å². The SMILES string of the molecule is O=C(O)CCN(C(=O)NCc1ccoc1)c1ccccc1. The molecule has 21 heavy (non-hydrogen) atoms. The van der Waals surface area contributed by atoms with Crippen LogP contribution in [0.3, 0.4) is 0 Å². The van der Waals surface area contributed by atoms with E-state index in [-0.39, 0.29) is 19.0 Å². The fourth-order valence-corrected chi connectivity index (χ4v) is 1.83. The third-order valence-corrected chi connectivity index (χ3v) is 2.89. The molecule has 0 unspecified atom stereocenters. The van der Waals surface area contributed by atoms with Gasteiger partial charge in [-0.15, -0.1) is 0 Å². The van der Waals surface area contributed by atoms with Crippen molar-refractivity contribution in [1.29, 1.82) is 0 Å². The Bertz CT molecular complexity index is 581. The number of carbonyl (C=O) groups excluding carboxylic acids is 1. The number of nitrogens with zero attached hydrogens (tertiary/aromatic N) is 1. The number of amides is 2. The number of carbonyl (C=O) groups is 2. The Hall–Kier alpha value is -2.76. The summed E-state index contributed by atoms with van der Waals surface area (Å²) in [6.45, 7) is 0.433. The standard InChI is InChI=1S/C15H16N2O4/c18-14(19)6-8-17(13-4-2-1-3-5-13)15(20)16-10-12-7-9-21-11-12/h1-5,7,9,11H,6,8,10H2,(H,16,20)(H,18,19). The van der Waals surface area contributed by atoms with Crippen LogP contribution >= 0.6 is 0 Å². The number of carboxylic acid groups (broad SMARTS) is 1. The van der Waals surface area contributed by atoms with Gasteiger partial charge < -0.3 is 14.8 Å². The van der Waals surface area contributed by atoms with Crippen molar-refractivity contribution in [2.24, 2.45) is 0 Å². The van der Waals surface area contributed by atoms with Gasteiger partial charge in [-0.1, -0.05) is 18.2 Å². The maximum absolute atomic E-state index is 12.2. The van der Waals surface area contributed by atoms with Gasteiger partial charge in [0.15, 0.2) is 0 Å². The van der Waals surface area contributed by atoms with Crippen LogP contribution in [0.4, 0.5) is 10.5 Å². The maximum Gasteiger partial charge on any atom is 0.322 e. The lowest BCUT2D eigenvalue weighted by Crippen LogP contribution is -2.40. The predicted molar refractivity (Wildman–Crippen MR) is 77.0 cm³/mol. The number of furan rings is 1. The first kappa shape index (κ1) is 14.6. The summed E-state index contributed by atoms with van der Waals surface area (Å²) in [5.41, 5.74) is 1.50. The van der Waals surface area contributed by atoms with E-state index in [1.54, 1.807) is 36.6 Å². The highest BCUT2D eigenvalue weighted by molar-refractivity contribution is 5.92. The van der Waals surface area contributed by atoms with Crippen molar-refractivity contribution in [3.8, 4) is 0 Å². The normalized spacial score (nSPS) is 10.1. The van der Waals surface area contributed by atoms with Crippen LogP contribution in [-0.4, -0.2) is 23.7 Å². The van der Waals surface area contributed by atoms with Gasteiger partial charge >= 0.3 is 12.0 Å². The van der Waals surface area contributed by atoms with E-state index in [1.807, 2.05) is 6.07 Å². The summed E-state index contributed by atoms with van der Waals surface area (Å²) in [7, 11) is 0. The second kappa shape index (κ2) is 7.14. The number of para-hydroxylation sites is 1. The van der Waals surface area contributed by atoms with E-state index in [1.165, 1.54) is 11.2 Å². The first-order chi connectivity index (χ1) is 10.2. The van der Waals surface area contributed by atoms with Crippen LogP contribution in [-0.2, 0) is 11.3 Å². The molecule has 0 spiro atoms. The van der Waals surface area contributed by atoms with Crippen LogP contribution in [0.25, 0.3) is 0 Å². The molecule has 0 aliphatic rings. The van der Waals surface area contributed by atoms with Crippen LogP contribution in [0.15, 0.2) is 53.3 Å². The minimum absolute atomic E-state index is 0.108. The number of aliphatic carboxylic acids is 1. The second-order valence-electron chi connectivity index (χ2n) is 4.42. The van der Waals surface area contributed by atoms with Gasteiger partial charge in [0.05, 0.1) is 18.9 Å². The van der Waals surface area contributed by atoms with Gasteiger partial charge in [0.1, 0.15) is 0 Å². The molecule has 0 aliphatic carbocycles. The lowest BCUT2D eigenvalue weighted by molar-refractivity contribution is -0.136. The first-order valence-electron chi connectivity index (χ1n) is 6.50. The number of benzene rings is 1. The van der Waals surface area contributed by atoms with E-state index >= 15 is 0 Å². The largest absolute Gasteiger partial charge is 0.481 e. The molecular weight excluding hydrogens is 272 g/mol. The highest BCUT2D eigenvalue weighted by atomic mass is 16.4. The molecule has 0 atom stereocenters. The van der Waals surface area contributed by atoms with Crippen molar-refractivity contribution < 1.29 is 19.1 Å². The molecule has 0 saturated carbocycles. The van der Waals surface area contributed by atoms with E-state index in [4.69, 9.17) is 9.52 Å². The highest BCUT2D eigenvalue weighted by Crippen LogP contribution is 2.14. The average molecular weight is 288 g/mol. The molecule has 6 heteroatoms. The highest BCUT2D eigenvalue weighted by Gasteiger charge is 2.16. The summed E-state index contributed by atoms with van der Waals surface area (Å²) >= 11 is 0. The summed E-state index contributed by atoms with van der Waals surface area (Å²) in [6.07, 6.45) is 2.96. The van der Waals surface area contributed by atoms with E-state index < -0.39 is 5.97 Å². The van der Waals surface area contributed by atoms with Crippen molar-refractivity contribution in [3.63, 3.8) is 0 Å². The van der Waals surface area contributed by atoms with Crippen molar-refractivity contribution >= 4 is 17.7 Å². The van der Waals surface area contributed by atoms with E-state index in [0.717, 1.165) is 5.56 Å². The minimum Gasteiger partial charge on any atom is -0.481 e. The lowest BCUT2D eigenvalue weighted by Gasteiger charge is -2.22. The fourth-order valence-electron chi connectivity index (χ4n) is 1.83. The number of rotatable bonds is 6. The smallest absolute Gasteiger partial charge is 0.322 e. The number of urea groups is 1. The predicted octanol–water partition coefficient (Wildman–Crippen LogP) is 2.47. The maximum atomic E-state index is 12.2. The second-order valence-corrected chi connectivity index (χ2v) is 4.42. The molecule has 2 rings (SSSR count). The van der Waals surface area contributed by atoms with Gasteiger partial charge in [-0.25, -0.2) is 4.79 Å². The van der Waals surface area contributed by atoms with Crippen LogP contribution in [0.1, 0.15) is 12.0 Å². The summed E-state index contributed by atoms with van der Waals surface area (Å²) < 4.78 is 4.93. The van der Waals surface area contributed by atoms with Crippen LogP contribution in [0, 0.1) is 0 Å². The Kier molecular flexibility index (Phi) is 4.98. The monoisotopic (exact) mass is 288 g/mol. The zero-order valence-corrected chi connectivity index (χ0v) is 11.4. The Balaban J connectivity index is 2.03. The Morgan fingerprint density at radius 3 is 2.57 bits per heavy atom.